The number of benzene rings is 7. The van der Waals surface area contributed by atoms with Crippen molar-refractivity contribution in [1.29, 1.82) is 5.26 Å². The molecule has 9 rings (SSSR count). The van der Waals surface area contributed by atoms with Crippen LogP contribution in [-0.2, 0) is 0 Å². The van der Waals surface area contributed by atoms with Crippen LogP contribution in [-0.4, -0.2) is 9.13 Å². The number of para-hydroxylation sites is 4. The van der Waals surface area contributed by atoms with Crippen LogP contribution in [0.3, 0.4) is 0 Å². The number of fused-ring (bicyclic) bond motifs is 6. The second kappa shape index (κ2) is 10.9. The zero-order chi connectivity index (χ0) is 32.2. The molecular formula is C44H26N4. The van der Waals surface area contributed by atoms with Crippen LogP contribution < -0.4 is 0 Å². The van der Waals surface area contributed by atoms with Gasteiger partial charge in [-0.2, -0.15) is 5.26 Å². The molecule has 0 unspecified atom stereocenters. The summed E-state index contributed by atoms with van der Waals surface area (Å²) in [5.74, 6) is 0. The summed E-state index contributed by atoms with van der Waals surface area (Å²) in [4.78, 5) is 4.05. The molecule has 222 valence electrons. The zero-order valence-corrected chi connectivity index (χ0v) is 25.8. The number of nitriles is 1. The minimum Gasteiger partial charge on any atom is -0.318 e. The van der Waals surface area contributed by atoms with Crippen molar-refractivity contribution in [3.63, 3.8) is 0 Å². The first-order valence-electron chi connectivity index (χ1n) is 15.9. The van der Waals surface area contributed by atoms with Crippen LogP contribution in [0.4, 0.5) is 5.69 Å². The molecule has 4 nitrogen and oxygen atoms in total. The SMILES string of the molecule is [C-]#[N+]c1cccc(-c2ccccc2-c2cccc(-n3c4ccccc4c4cc(C#N)ccc43)c2)c1-n1c2ccccc2c2ccccc21. The van der Waals surface area contributed by atoms with Gasteiger partial charge in [-0.25, -0.2) is 4.85 Å². The van der Waals surface area contributed by atoms with Crippen molar-refractivity contribution in [2.45, 2.75) is 0 Å². The molecular weight excluding hydrogens is 585 g/mol. The van der Waals surface area contributed by atoms with E-state index in [2.05, 4.69) is 141 Å². The van der Waals surface area contributed by atoms with Gasteiger partial charge in [0.25, 0.3) is 0 Å². The number of hydrogen-bond acceptors (Lipinski definition) is 1. The highest BCUT2D eigenvalue weighted by Crippen LogP contribution is 2.44. The molecule has 0 fully saturated rings. The minimum atomic E-state index is 0.601. The van der Waals surface area contributed by atoms with Gasteiger partial charge < -0.3 is 9.13 Å². The van der Waals surface area contributed by atoms with E-state index in [0.717, 1.165) is 77.2 Å². The van der Waals surface area contributed by atoms with Crippen molar-refractivity contribution in [1.82, 2.24) is 9.13 Å². The first-order chi connectivity index (χ1) is 23.7. The Morgan fingerprint density at radius 1 is 0.479 bits per heavy atom. The molecule has 9 aromatic rings. The fraction of sp³-hybridized carbons (Fsp3) is 0. The summed E-state index contributed by atoms with van der Waals surface area (Å²) in [6, 6.07) is 56.6. The third kappa shape index (κ3) is 4.07. The largest absolute Gasteiger partial charge is 0.318 e. The molecule has 0 N–H and O–H groups in total. The summed E-state index contributed by atoms with van der Waals surface area (Å²) < 4.78 is 4.54. The first-order valence-corrected chi connectivity index (χ1v) is 15.9. The van der Waals surface area contributed by atoms with E-state index < -0.39 is 0 Å². The molecule has 0 aliphatic carbocycles. The zero-order valence-electron chi connectivity index (χ0n) is 25.8. The Kier molecular flexibility index (Phi) is 6.22. The molecule has 4 heteroatoms. The van der Waals surface area contributed by atoms with Crippen LogP contribution in [0.15, 0.2) is 158 Å². The van der Waals surface area contributed by atoms with E-state index in [9.17, 15) is 5.26 Å². The van der Waals surface area contributed by atoms with Crippen molar-refractivity contribution in [3.05, 3.63) is 175 Å². The molecule has 0 saturated heterocycles. The van der Waals surface area contributed by atoms with Gasteiger partial charge in [-0.05, 0) is 70.8 Å². The van der Waals surface area contributed by atoms with Gasteiger partial charge in [-0.3, -0.25) is 0 Å². The highest BCUT2D eigenvalue weighted by atomic mass is 15.0. The Hall–Kier alpha value is -6.88. The lowest BCUT2D eigenvalue weighted by Gasteiger charge is -2.19. The Bertz CT molecular complexity index is 2760. The molecule has 0 spiro atoms. The summed E-state index contributed by atoms with van der Waals surface area (Å²) in [6.07, 6.45) is 0. The van der Waals surface area contributed by atoms with Crippen LogP contribution in [0.25, 0.3) is 82.1 Å². The maximum Gasteiger partial charge on any atom is 0.211 e. The molecule has 2 aromatic heterocycles. The second-order valence-electron chi connectivity index (χ2n) is 11.9. The van der Waals surface area contributed by atoms with E-state index in [1.165, 1.54) is 0 Å². The first kappa shape index (κ1) is 27.4. The van der Waals surface area contributed by atoms with Crippen molar-refractivity contribution in [2.24, 2.45) is 0 Å². The van der Waals surface area contributed by atoms with Crippen LogP contribution >= 0.6 is 0 Å². The topological polar surface area (TPSA) is 38.0 Å². The molecule has 0 aliphatic heterocycles. The van der Waals surface area contributed by atoms with Gasteiger partial charge in [0.2, 0.25) is 5.69 Å². The number of rotatable bonds is 4. The van der Waals surface area contributed by atoms with E-state index in [-0.39, 0.29) is 0 Å². The summed E-state index contributed by atoms with van der Waals surface area (Å²) in [5, 5.41) is 14.1. The summed E-state index contributed by atoms with van der Waals surface area (Å²) >= 11 is 0. The van der Waals surface area contributed by atoms with E-state index in [1.807, 2.05) is 36.4 Å². The molecule has 0 saturated carbocycles. The third-order valence-electron chi connectivity index (χ3n) is 9.37. The van der Waals surface area contributed by atoms with Crippen molar-refractivity contribution in [2.75, 3.05) is 0 Å². The Labute approximate surface area is 277 Å². The van der Waals surface area contributed by atoms with Gasteiger partial charge in [0, 0.05) is 27.2 Å². The van der Waals surface area contributed by atoms with E-state index in [0.29, 0.717) is 11.3 Å². The van der Waals surface area contributed by atoms with Crippen LogP contribution in [0.5, 0.6) is 0 Å². The Balaban J connectivity index is 1.29. The molecule has 0 radical (unpaired) electrons. The highest BCUT2D eigenvalue weighted by molar-refractivity contribution is 6.11. The number of nitrogens with zero attached hydrogens (tertiary/aromatic N) is 4. The van der Waals surface area contributed by atoms with Gasteiger partial charge in [0.15, 0.2) is 0 Å². The van der Waals surface area contributed by atoms with Gasteiger partial charge in [0.1, 0.15) is 0 Å². The van der Waals surface area contributed by atoms with E-state index in [1.54, 1.807) is 0 Å². The lowest BCUT2D eigenvalue weighted by atomic mass is 9.92. The van der Waals surface area contributed by atoms with Gasteiger partial charge >= 0.3 is 0 Å². The molecule has 0 aliphatic rings. The number of hydrogen-bond donors (Lipinski definition) is 0. The maximum absolute atomic E-state index is 9.62. The van der Waals surface area contributed by atoms with Crippen LogP contribution in [0.1, 0.15) is 5.56 Å². The monoisotopic (exact) mass is 610 g/mol. The van der Waals surface area contributed by atoms with Crippen LogP contribution in [0.2, 0.25) is 0 Å². The Morgan fingerprint density at radius 2 is 1.04 bits per heavy atom. The van der Waals surface area contributed by atoms with Crippen LogP contribution in [0, 0.1) is 17.9 Å². The lowest BCUT2D eigenvalue weighted by molar-refractivity contribution is 1.18. The van der Waals surface area contributed by atoms with Gasteiger partial charge in [0.05, 0.1) is 46.0 Å². The highest BCUT2D eigenvalue weighted by Gasteiger charge is 2.21. The number of aromatic nitrogens is 2. The fourth-order valence-corrected chi connectivity index (χ4v) is 7.34. The fourth-order valence-electron chi connectivity index (χ4n) is 7.34. The summed E-state index contributed by atoms with van der Waals surface area (Å²) in [7, 11) is 0. The molecule has 2 heterocycles. The normalized spacial score (nSPS) is 11.3. The molecule has 0 amide bonds. The average molecular weight is 611 g/mol. The Morgan fingerprint density at radius 3 is 1.73 bits per heavy atom. The second-order valence-corrected chi connectivity index (χ2v) is 11.9. The quantitative estimate of drug-likeness (QED) is 0.183. The standard InChI is InChI=1S/C44H26N4/c1-46-39-20-11-19-37(44(39)48-41-22-8-4-16-34(41)35-17-5-9-23-42(35)48)33-15-3-2-14-32(33)30-12-10-13-31(27-30)47-40-21-7-6-18-36(40)38-26-29(28-45)24-25-43(38)47/h2-27H. The lowest BCUT2D eigenvalue weighted by Crippen LogP contribution is -1.99. The predicted octanol–water partition coefficient (Wildman–Crippen LogP) is 11.6. The van der Waals surface area contributed by atoms with E-state index >= 15 is 0 Å². The van der Waals surface area contributed by atoms with Crippen molar-refractivity contribution >= 4 is 49.3 Å². The third-order valence-corrected chi connectivity index (χ3v) is 9.37. The molecule has 0 bridgehead atoms. The molecule has 0 atom stereocenters. The minimum absolute atomic E-state index is 0.601. The summed E-state index contributed by atoms with van der Waals surface area (Å²) in [5.41, 5.74) is 11.7. The van der Waals surface area contributed by atoms with Gasteiger partial charge in [-0.1, -0.05) is 109 Å². The predicted molar refractivity (Wildman–Crippen MR) is 197 cm³/mol. The van der Waals surface area contributed by atoms with Crippen molar-refractivity contribution in [3.8, 4) is 39.7 Å². The smallest absolute Gasteiger partial charge is 0.211 e. The maximum atomic E-state index is 9.62. The molecule has 7 aromatic carbocycles. The summed E-state index contributed by atoms with van der Waals surface area (Å²) in [6.45, 7) is 8.24. The van der Waals surface area contributed by atoms with Gasteiger partial charge in [-0.15, -0.1) is 0 Å². The van der Waals surface area contributed by atoms with E-state index in [4.69, 9.17) is 6.57 Å². The average Bonchev–Trinajstić information content (AvgIpc) is 3.67. The van der Waals surface area contributed by atoms with Crippen molar-refractivity contribution < 1.29 is 0 Å². The molecule has 48 heavy (non-hydrogen) atoms.